The molecule has 0 radical (unpaired) electrons. The zero-order chi connectivity index (χ0) is 14.1. The highest BCUT2D eigenvalue weighted by molar-refractivity contribution is 5.76. The van der Waals surface area contributed by atoms with Crippen LogP contribution < -0.4 is 5.32 Å². The van der Waals surface area contributed by atoms with Crippen molar-refractivity contribution in [2.24, 2.45) is 5.92 Å². The Bertz CT molecular complexity index is 308. The molecule has 1 N–H and O–H groups in total. The Labute approximate surface area is 115 Å². The van der Waals surface area contributed by atoms with Gasteiger partial charge in [0.25, 0.3) is 0 Å². The summed E-state index contributed by atoms with van der Waals surface area (Å²) in [6.07, 6.45) is 2.76. The van der Waals surface area contributed by atoms with Crippen LogP contribution in [0.2, 0.25) is 0 Å². The first-order chi connectivity index (χ1) is 9.17. The second-order valence-corrected chi connectivity index (χ2v) is 5.03. The summed E-state index contributed by atoms with van der Waals surface area (Å²) in [5, 5.41) is 12.1. The Morgan fingerprint density at radius 2 is 2.21 bits per heavy atom. The Kier molecular flexibility index (Phi) is 7.46. The topological polar surface area (TPSA) is 65.4 Å². The zero-order valence-electron chi connectivity index (χ0n) is 12.0. The molecule has 1 unspecified atom stereocenters. The van der Waals surface area contributed by atoms with Gasteiger partial charge in [0.1, 0.15) is 0 Å². The van der Waals surface area contributed by atoms with E-state index in [0.29, 0.717) is 32.2 Å². The number of ether oxygens (including phenoxy) is 1. The highest BCUT2D eigenvalue weighted by Gasteiger charge is 2.17. The Balaban J connectivity index is 2.22. The van der Waals surface area contributed by atoms with E-state index in [9.17, 15) is 4.79 Å². The molecule has 1 fully saturated rings. The van der Waals surface area contributed by atoms with Gasteiger partial charge in [-0.1, -0.05) is 0 Å². The number of carbonyl (C=O) groups is 1. The summed E-state index contributed by atoms with van der Waals surface area (Å²) in [6, 6.07) is 2.16. The first-order valence-corrected chi connectivity index (χ1v) is 7.17. The molecule has 0 aliphatic carbocycles. The molecule has 1 aliphatic rings. The smallest absolute Gasteiger partial charge is 0.224 e. The molecule has 0 aromatic rings. The third-order valence-corrected chi connectivity index (χ3v) is 3.40. The summed E-state index contributed by atoms with van der Waals surface area (Å²) < 4.78 is 5.73. The van der Waals surface area contributed by atoms with E-state index in [4.69, 9.17) is 10.00 Å². The number of carbonyl (C=O) groups excluding carboxylic acids is 1. The van der Waals surface area contributed by atoms with Gasteiger partial charge >= 0.3 is 0 Å². The molecule has 1 aliphatic heterocycles. The average Bonchev–Trinajstić information content (AvgIpc) is 2.45. The van der Waals surface area contributed by atoms with Crippen molar-refractivity contribution in [1.82, 2.24) is 10.2 Å². The lowest BCUT2D eigenvalue weighted by Gasteiger charge is -2.25. The monoisotopic (exact) mass is 267 g/mol. The van der Waals surface area contributed by atoms with Crippen LogP contribution in [0.3, 0.4) is 0 Å². The summed E-state index contributed by atoms with van der Waals surface area (Å²) in [5.74, 6) is -0.0345. The molecule has 0 aromatic heterocycles. The second-order valence-electron chi connectivity index (χ2n) is 5.03. The highest BCUT2D eigenvalue weighted by atomic mass is 16.5. The summed E-state index contributed by atoms with van der Waals surface area (Å²) in [5.41, 5.74) is 0. The van der Waals surface area contributed by atoms with Gasteiger partial charge in [0, 0.05) is 13.1 Å². The number of nitrogens with zero attached hydrogens (tertiary/aromatic N) is 2. The van der Waals surface area contributed by atoms with Gasteiger partial charge in [0.15, 0.2) is 0 Å². The van der Waals surface area contributed by atoms with Gasteiger partial charge in [-0.2, -0.15) is 5.26 Å². The standard InChI is InChI=1S/C14H25N3O2/c1-3-17(11-12(2)10-15)14(18)6-9-19-13-4-7-16-8-5-13/h12-13,16H,3-9,11H2,1-2H3. The van der Waals surface area contributed by atoms with E-state index in [0.717, 1.165) is 25.9 Å². The fourth-order valence-corrected chi connectivity index (χ4v) is 2.21. The zero-order valence-corrected chi connectivity index (χ0v) is 12.0. The molecule has 1 heterocycles. The van der Waals surface area contributed by atoms with E-state index in [1.54, 1.807) is 4.90 Å². The van der Waals surface area contributed by atoms with E-state index in [1.807, 2.05) is 13.8 Å². The Morgan fingerprint density at radius 1 is 1.53 bits per heavy atom. The molecule has 5 heteroatoms. The van der Waals surface area contributed by atoms with E-state index in [1.165, 1.54) is 0 Å². The van der Waals surface area contributed by atoms with Crippen LogP contribution in [0, 0.1) is 17.2 Å². The number of nitrogens with one attached hydrogen (secondary N) is 1. The molecular weight excluding hydrogens is 242 g/mol. The molecular formula is C14H25N3O2. The molecule has 5 nitrogen and oxygen atoms in total. The minimum Gasteiger partial charge on any atom is -0.378 e. The van der Waals surface area contributed by atoms with Crippen LogP contribution in [-0.2, 0) is 9.53 Å². The minimum atomic E-state index is -0.116. The largest absolute Gasteiger partial charge is 0.378 e. The third kappa shape index (κ3) is 6.04. The molecule has 1 rings (SSSR count). The molecule has 0 aromatic carbocycles. The van der Waals surface area contributed by atoms with Gasteiger partial charge in [-0.3, -0.25) is 4.79 Å². The van der Waals surface area contributed by atoms with Crippen LogP contribution in [0.25, 0.3) is 0 Å². The SMILES string of the molecule is CCN(CC(C)C#N)C(=O)CCOC1CCNCC1. The summed E-state index contributed by atoms with van der Waals surface area (Å²) >= 11 is 0. The first-order valence-electron chi connectivity index (χ1n) is 7.17. The quantitative estimate of drug-likeness (QED) is 0.751. The Morgan fingerprint density at radius 3 is 2.79 bits per heavy atom. The average molecular weight is 267 g/mol. The summed E-state index contributed by atoms with van der Waals surface area (Å²) in [4.78, 5) is 13.7. The van der Waals surface area contributed by atoms with Crippen molar-refractivity contribution < 1.29 is 9.53 Å². The molecule has 19 heavy (non-hydrogen) atoms. The molecule has 0 spiro atoms. The van der Waals surface area contributed by atoms with Crippen molar-refractivity contribution >= 4 is 5.91 Å². The lowest BCUT2D eigenvalue weighted by molar-refractivity contribution is -0.133. The fourth-order valence-electron chi connectivity index (χ4n) is 2.21. The minimum absolute atomic E-state index is 0.0820. The molecule has 1 saturated heterocycles. The predicted molar refractivity (Wildman–Crippen MR) is 73.5 cm³/mol. The highest BCUT2D eigenvalue weighted by Crippen LogP contribution is 2.08. The van der Waals surface area contributed by atoms with Crippen LogP contribution in [0.5, 0.6) is 0 Å². The van der Waals surface area contributed by atoms with Crippen molar-refractivity contribution in [3.63, 3.8) is 0 Å². The maximum Gasteiger partial charge on any atom is 0.224 e. The van der Waals surface area contributed by atoms with Crippen molar-refractivity contribution in [2.75, 3.05) is 32.8 Å². The number of piperidine rings is 1. The van der Waals surface area contributed by atoms with Crippen LogP contribution in [0.4, 0.5) is 0 Å². The summed E-state index contributed by atoms with van der Waals surface area (Å²) in [7, 11) is 0. The van der Waals surface area contributed by atoms with Crippen LogP contribution >= 0.6 is 0 Å². The van der Waals surface area contributed by atoms with Crippen molar-refractivity contribution in [3.8, 4) is 6.07 Å². The number of rotatable bonds is 7. The molecule has 108 valence electrons. The molecule has 0 bridgehead atoms. The molecule has 0 saturated carbocycles. The number of amides is 1. The van der Waals surface area contributed by atoms with E-state index >= 15 is 0 Å². The lowest BCUT2D eigenvalue weighted by atomic mass is 10.1. The molecule has 1 amide bonds. The molecule has 1 atom stereocenters. The van der Waals surface area contributed by atoms with Gasteiger partial charge < -0.3 is 15.0 Å². The predicted octanol–water partition coefficient (Wildman–Crippen LogP) is 1.15. The maximum atomic E-state index is 12.0. The van der Waals surface area contributed by atoms with Gasteiger partial charge in [-0.05, 0) is 39.8 Å². The normalized spacial score (nSPS) is 17.7. The van der Waals surface area contributed by atoms with Crippen LogP contribution in [-0.4, -0.2) is 49.7 Å². The summed E-state index contributed by atoms with van der Waals surface area (Å²) in [6.45, 7) is 7.42. The van der Waals surface area contributed by atoms with E-state index < -0.39 is 0 Å². The van der Waals surface area contributed by atoms with E-state index in [2.05, 4.69) is 11.4 Å². The van der Waals surface area contributed by atoms with Crippen molar-refractivity contribution in [1.29, 1.82) is 5.26 Å². The van der Waals surface area contributed by atoms with Gasteiger partial charge in [-0.15, -0.1) is 0 Å². The third-order valence-electron chi connectivity index (χ3n) is 3.40. The maximum absolute atomic E-state index is 12.0. The van der Waals surface area contributed by atoms with E-state index in [-0.39, 0.29) is 11.8 Å². The van der Waals surface area contributed by atoms with Gasteiger partial charge in [0.05, 0.1) is 31.1 Å². The first kappa shape index (κ1) is 15.9. The number of nitriles is 1. The number of hydrogen-bond acceptors (Lipinski definition) is 4. The van der Waals surface area contributed by atoms with Crippen molar-refractivity contribution in [3.05, 3.63) is 0 Å². The van der Waals surface area contributed by atoms with Gasteiger partial charge in [-0.25, -0.2) is 0 Å². The van der Waals surface area contributed by atoms with Gasteiger partial charge in [0.2, 0.25) is 5.91 Å². The van der Waals surface area contributed by atoms with Crippen LogP contribution in [0.1, 0.15) is 33.1 Å². The van der Waals surface area contributed by atoms with Crippen molar-refractivity contribution in [2.45, 2.75) is 39.2 Å². The number of hydrogen-bond donors (Lipinski definition) is 1. The van der Waals surface area contributed by atoms with Crippen LogP contribution in [0.15, 0.2) is 0 Å². The second kappa shape index (κ2) is 8.89. The Hall–Kier alpha value is -1.12. The fraction of sp³-hybridized carbons (Fsp3) is 0.857. The lowest BCUT2D eigenvalue weighted by Crippen LogP contribution is -2.36.